The minimum Gasteiger partial charge on any atom is -0.425 e. The molecule has 7 heteroatoms. The molecule has 1 saturated carbocycles. The standard InChI is InChI=1S/C20H25ClN4O2/c21-16-8-10-17(11-9-16)22-20(26)25-12-4-7-15(13-25)19-24-23-18(27-19)14-5-2-1-3-6-14/h8-11,14-15H,1-7,12-13H2,(H,22,26). The number of rotatable bonds is 3. The highest BCUT2D eigenvalue weighted by Gasteiger charge is 2.30. The highest BCUT2D eigenvalue weighted by molar-refractivity contribution is 6.30. The lowest BCUT2D eigenvalue weighted by atomic mass is 9.89. The number of hydrogen-bond donors (Lipinski definition) is 1. The van der Waals surface area contributed by atoms with E-state index in [9.17, 15) is 4.79 Å². The second-order valence-electron chi connectivity index (χ2n) is 7.54. The molecule has 2 aromatic rings. The Balaban J connectivity index is 1.38. The molecule has 144 valence electrons. The van der Waals surface area contributed by atoms with Crippen molar-refractivity contribution in [2.24, 2.45) is 0 Å². The predicted octanol–water partition coefficient (Wildman–Crippen LogP) is 5.18. The Kier molecular flexibility index (Phi) is 5.62. The molecule has 1 unspecified atom stereocenters. The predicted molar refractivity (Wildman–Crippen MR) is 104 cm³/mol. The number of hydrogen-bond acceptors (Lipinski definition) is 4. The van der Waals surface area contributed by atoms with Gasteiger partial charge in [0.25, 0.3) is 0 Å². The molecule has 1 aromatic heterocycles. The molecular weight excluding hydrogens is 364 g/mol. The van der Waals surface area contributed by atoms with Crippen molar-refractivity contribution in [1.82, 2.24) is 15.1 Å². The van der Waals surface area contributed by atoms with E-state index in [2.05, 4.69) is 15.5 Å². The van der Waals surface area contributed by atoms with Crippen LogP contribution < -0.4 is 5.32 Å². The third-order valence-corrected chi connectivity index (χ3v) is 5.82. The molecule has 2 fully saturated rings. The van der Waals surface area contributed by atoms with Crippen LogP contribution in [0.1, 0.15) is 68.6 Å². The van der Waals surface area contributed by atoms with Crippen molar-refractivity contribution in [1.29, 1.82) is 0 Å². The van der Waals surface area contributed by atoms with Crippen LogP contribution in [0.4, 0.5) is 10.5 Å². The van der Waals surface area contributed by atoms with Gasteiger partial charge in [0.1, 0.15) is 0 Å². The summed E-state index contributed by atoms with van der Waals surface area (Å²) in [5.41, 5.74) is 0.740. The second kappa shape index (κ2) is 8.30. The van der Waals surface area contributed by atoms with Crippen LogP contribution in [0.5, 0.6) is 0 Å². The number of carbonyl (C=O) groups excluding carboxylic acids is 1. The number of piperidine rings is 1. The number of amides is 2. The first-order valence-electron chi connectivity index (χ1n) is 9.84. The van der Waals surface area contributed by atoms with Crippen molar-refractivity contribution in [2.45, 2.75) is 56.8 Å². The van der Waals surface area contributed by atoms with Crippen molar-refractivity contribution in [3.8, 4) is 0 Å². The van der Waals surface area contributed by atoms with Crippen molar-refractivity contribution < 1.29 is 9.21 Å². The molecule has 1 saturated heterocycles. The number of likely N-dealkylation sites (tertiary alicyclic amines) is 1. The molecular formula is C20H25ClN4O2. The van der Waals surface area contributed by atoms with E-state index in [0.717, 1.165) is 43.8 Å². The second-order valence-corrected chi connectivity index (χ2v) is 7.97. The van der Waals surface area contributed by atoms with E-state index in [-0.39, 0.29) is 11.9 Å². The highest BCUT2D eigenvalue weighted by atomic mass is 35.5. The number of benzene rings is 1. The van der Waals surface area contributed by atoms with Crippen LogP contribution in [0.3, 0.4) is 0 Å². The quantitative estimate of drug-likeness (QED) is 0.786. The number of anilines is 1. The summed E-state index contributed by atoms with van der Waals surface area (Å²) in [6.45, 7) is 1.34. The van der Waals surface area contributed by atoms with E-state index in [1.165, 1.54) is 19.3 Å². The average Bonchev–Trinajstić information content (AvgIpc) is 3.21. The number of halogens is 1. The van der Waals surface area contributed by atoms with Gasteiger partial charge in [-0.15, -0.1) is 10.2 Å². The first kappa shape index (κ1) is 18.3. The monoisotopic (exact) mass is 388 g/mol. The third kappa shape index (κ3) is 4.43. The maximum Gasteiger partial charge on any atom is 0.321 e. The van der Waals surface area contributed by atoms with Crippen LogP contribution in [-0.4, -0.2) is 34.2 Å². The topological polar surface area (TPSA) is 71.3 Å². The van der Waals surface area contributed by atoms with Crippen molar-refractivity contribution in [3.05, 3.63) is 41.1 Å². The Labute approximate surface area is 164 Å². The van der Waals surface area contributed by atoms with E-state index < -0.39 is 0 Å². The molecule has 2 heterocycles. The Morgan fingerprint density at radius 2 is 1.67 bits per heavy atom. The van der Waals surface area contributed by atoms with Crippen molar-refractivity contribution in [3.63, 3.8) is 0 Å². The summed E-state index contributed by atoms with van der Waals surface area (Å²) < 4.78 is 6.03. The van der Waals surface area contributed by atoms with Crippen molar-refractivity contribution >= 4 is 23.3 Å². The third-order valence-electron chi connectivity index (χ3n) is 5.56. The van der Waals surface area contributed by atoms with Gasteiger partial charge in [-0.05, 0) is 49.9 Å². The maximum absolute atomic E-state index is 12.6. The van der Waals surface area contributed by atoms with Gasteiger partial charge in [-0.2, -0.15) is 0 Å². The highest BCUT2D eigenvalue weighted by Crippen LogP contribution is 2.34. The molecule has 4 rings (SSSR count). The fourth-order valence-electron chi connectivity index (χ4n) is 4.02. The van der Waals surface area contributed by atoms with Gasteiger partial charge in [-0.25, -0.2) is 4.79 Å². The van der Waals surface area contributed by atoms with Crippen LogP contribution in [-0.2, 0) is 0 Å². The summed E-state index contributed by atoms with van der Waals surface area (Å²) in [6.07, 6.45) is 7.97. The minimum atomic E-state index is -0.103. The summed E-state index contributed by atoms with van der Waals surface area (Å²) in [6, 6.07) is 7.03. The van der Waals surface area contributed by atoms with Crippen LogP contribution in [0.25, 0.3) is 0 Å². The SMILES string of the molecule is O=C(Nc1ccc(Cl)cc1)N1CCCC(c2nnc(C3CCCCC3)o2)C1. The molecule has 2 aliphatic rings. The lowest BCUT2D eigenvalue weighted by molar-refractivity contribution is 0.186. The Morgan fingerprint density at radius 1 is 1.00 bits per heavy atom. The largest absolute Gasteiger partial charge is 0.425 e. The van der Waals surface area contributed by atoms with Gasteiger partial charge in [0.2, 0.25) is 11.8 Å². The van der Waals surface area contributed by atoms with E-state index in [1.54, 1.807) is 24.3 Å². The first-order valence-corrected chi connectivity index (χ1v) is 10.2. The van der Waals surface area contributed by atoms with Crippen LogP contribution in [0, 0.1) is 0 Å². The minimum absolute atomic E-state index is 0.103. The summed E-state index contributed by atoms with van der Waals surface area (Å²) in [4.78, 5) is 14.4. The molecule has 0 bridgehead atoms. The summed E-state index contributed by atoms with van der Waals surface area (Å²) >= 11 is 5.90. The van der Waals surface area contributed by atoms with Gasteiger partial charge in [0.05, 0.1) is 5.92 Å². The van der Waals surface area contributed by atoms with E-state index >= 15 is 0 Å². The first-order chi connectivity index (χ1) is 13.2. The van der Waals surface area contributed by atoms with Gasteiger partial charge in [0, 0.05) is 29.7 Å². The van der Waals surface area contributed by atoms with Crippen LogP contribution >= 0.6 is 11.6 Å². The van der Waals surface area contributed by atoms with Gasteiger partial charge in [-0.3, -0.25) is 0 Å². The molecule has 1 aliphatic carbocycles. The smallest absolute Gasteiger partial charge is 0.321 e. The van der Waals surface area contributed by atoms with Crippen LogP contribution in [0.15, 0.2) is 28.7 Å². The molecule has 6 nitrogen and oxygen atoms in total. The normalized spacial score (nSPS) is 21.2. The Bertz CT molecular complexity index is 771. The number of carbonyl (C=O) groups is 1. The van der Waals surface area contributed by atoms with Crippen LogP contribution in [0.2, 0.25) is 5.02 Å². The lowest BCUT2D eigenvalue weighted by Crippen LogP contribution is -2.41. The van der Waals surface area contributed by atoms with E-state index in [0.29, 0.717) is 23.4 Å². The van der Waals surface area contributed by atoms with Gasteiger partial charge in [-0.1, -0.05) is 30.9 Å². The molecule has 1 atom stereocenters. The zero-order valence-electron chi connectivity index (χ0n) is 15.4. The number of aromatic nitrogens is 2. The van der Waals surface area contributed by atoms with Gasteiger partial charge in [0.15, 0.2) is 0 Å². The van der Waals surface area contributed by atoms with Gasteiger partial charge < -0.3 is 14.6 Å². The summed E-state index contributed by atoms with van der Waals surface area (Å²) in [7, 11) is 0. The zero-order valence-corrected chi connectivity index (χ0v) is 16.1. The fourth-order valence-corrected chi connectivity index (χ4v) is 4.15. The molecule has 1 N–H and O–H groups in total. The number of nitrogens with zero attached hydrogens (tertiary/aromatic N) is 3. The molecule has 1 aromatic carbocycles. The Morgan fingerprint density at radius 3 is 2.41 bits per heavy atom. The fraction of sp³-hybridized carbons (Fsp3) is 0.550. The van der Waals surface area contributed by atoms with E-state index in [1.807, 2.05) is 4.90 Å². The lowest BCUT2D eigenvalue weighted by Gasteiger charge is -2.31. The summed E-state index contributed by atoms with van der Waals surface area (Å²) in [5.74, 6) is 1.99. The maximum atomic E-state index is 12.6. The molecule has 0 radical (unpaired) electrons. The van der Waals surface area contributed by atoms with E-state index in [4.69, 9.17) is 16.0 Å². The zero-order chi connectivity index (χ0) is 18.6. The number of urea groups is 1. The summed E-state index contributed by atoms with van der Waals surface area (Å²) in [5, 5.41) is 12.2. The molecule has 27 heavy (non-hydrogen) atoms. The number of nitrogens with one attached hydrogen (secondary N) is 1. The molecule has 0 spiro atoms. The van der Waals surface area contributed by atoms with Crippen molar-refractivity contribution in [2.75, 3.05) is 18.4 Å². The van der Waals surface area contributed by atoms with Gasteiger partial charge >= 0.3 is 6.03 Å². The Hall–Kier alpha value is -2.08. The molecule has 2 amide bonds. The molecule has 1 aliphatic heterocycles. The average molecular weight is 389 g/mol.